The quantitative estimate of drug-likeness (QED) is 0.602. The third-order valence-electron chi connectivity index (χ3n) is 6.15. The van der Waals surface area contributed by atoms with Crippen molar-refractivity contribution in [1.82, 2.24) is 14.4 Å². The average Bonchev–Trinajstić information content (AvgIpc) is 3.35. The van der Waals surface area contributed by atoms with Crippen molar-refractivity contribution in [3.8, 4) is 11.8 Å². The van der Waals surface area contributed by atoms with E-state index in [9.17, 15) is 19.2 Å². The van der Waals surface area contributed by atoms with Crippen molar-refractivity contribution in [2.45, 2.75) is 20.8 Å². The number of halogens is 1. The third kappa shape index (κ3) is 4.74. The van der Waals surface area contributed by atoms with Gasteiger partial charge in [-0.2, -0.15) is 5.26 Å². The van der Waals surface area contributed by atoms with Crippen LogP contribution in [0, 0.1) is 37.9 Å². The summed E-state index contributed by atoms with van der Waals surface area (Å²) in [7, 11) is 0. The number of anilines is 1. The smallest absolute Gasteiger partial charge is 0.264 e. The zero-order chi connectivity index (χ0) is 24.4. The summed E-state index contributed by atoms with van der Waals surface area (Å²) in [4.78, 5) is 31.2. The van der Waals surface area contributed by atoms with Crippen LogP contribution in [-0.4, -0.2) is 58.9 Å². The van der Waals surface area contributed by atoms with Gasteiger partial charge < -0.3 is 10.2 Å². The highest BCUT2D eigenvalue weighted by Crippen LogP contribution is 2.30. The summed E-state index contributed by atoms with van der Waals surface area (Å²) in [5.41, 5.74) is 2.61. The van der Waals surface area contributed by atoms with Crippen LogP contribution in [0.1, 0.15) is 31.4 Å². The molecular formula is C25H26FN5O2S. The molecule has 4 rings (SSSR count). The molecule has 1 aromatic carbocycles. The number of carbonyl (C=O) groups is 2. The predicted octanol–water partition coefficient (Wildman–Crippen LogP) is 3.87. The van der Waals surface area contributed by atoms with Crippen LogP contribution in [0.25, 0.3) is 5.69 Å². The van der Waals surface area contributed by atoms with Crippen molar-refractivity contribution in [3.05, 3.63) is 68.8 Å². The number of piperazine rings is 1. The van der Waals surface area contributed by atoms with Crippen molar-refractivity contribution in [2.24, 2.45) is 0 Å². The van der Waals surface area contributed by atoms with Gasteiger partial charge in [0.15, 0.2) is 0 Å². The van der Waals surface area contributed by atoms with Crippen LogP contribution in [0.5, 0.6) is 0 Å². The maximum atomic E-state index is 13.4. The summed E-state index contributed by atoms with van der Waals surface area (Å²) < 4.78 is 15.2. The summed E-state index contributed by atoms with van der Waals surface area (Å²) in [5, 5.41) is 12.6. The summed E-state index contributed by atoms with van der Waals surface area (Å²) >= 11 is 1.49. The van der Waals surface area contributed by atoms with Gasteiger partial charge in [0.1, 0.15) is 17.7 Å². The minimum absolute atomic E-state index is 0.0314. The van der Waals surface area contributed by atoms with Gasteiger partial charge in [-0.3, -0.25) is 19.1 Å². The average molecular weight is 480 g/mol. The van der Waals surface area contributed by atoms with E-state index in [1.54, 1.807) is 16.7 Å². The number of hydrogen-bond acceptors (Lipinski definition) is 5. The van der Waals surface area contributed by atoms with Gasteiger partial charge in [-0.05, 0) is 62.7 Å². The van der Waals surface area contributed by atoms with Crippen LogP contribution in [0.4, 0.5) is 10.2 Å². The van der Waals surface area contributed by atoms with Gasteiger partial charge in [0, 0.05) is 42.4 Å². The Hall–Kier alpha value is -3.48. The van der Waals surface area contributed by atoms with Gasteiger partial charge >= 0.3 is 0 Å². The van der Waals surface area contributed by atoms with E-state index in [0.717, 1.165) is 21.0 Å². The molecule has 176 valence electrons. The minimum atomic E-state index is -0.358. The van der Waals surface area contributed by atoms with E-state index in [-0.39, 0.29) is 24.2 Å². The highest BCUT2D eigenvalue weighted by Gasteiger charge is 2.26. The lowest BCUT2D eigenvalue weighted by Gasteiger charge is -2.34. The van der Waals surface area contributed by atoms with Gasteiger partial charge in [0.05, 0.1) is 17.0 Å². The van der Waals surface area contributed by atoms with Gasteiger partial charge in [0.2, 0.25) is 5.91 Å². The van der Waals surface area contributed by atoms with E-state index in [1.807, 2.05) is 42.7 Å². The molecule has 1 saturated heterocycles. The number of carbonyl (C=O) groups excluding carboxylic acids is 2. The SMILES string of the molecule is Cc1ccc(C(=O)N2CCN(CC(=O)Nc3c(C#N)c(C)c(C)n3-c3ccc(F)cc3)CC2)s1. The summed E-state index contributed by atoms with van der Waals surface area (Å²) in [6.45, 7) is 8.10. The van der Waals surface area contributed by atoms with Crippen molar-refractivity contribution >= 4 is 29.0 Å². The molecule has 0 atom stereocenters. The van der Waals surface area contributed by atoms with Gasteiger partial charge in [-0.25, -0.2) is 4.39 Å². The molecule has 3 heterocycles. The number of nitriles is 1. The van der Waals surface area contributed by atoms with Gasteiger partial charge in [-0.1, -0.05) is 0 Å². The largest absolute Gasteiger partial charge is 0.335 e. The highest BCUT2D eigenvalue weighted by molar-refractivity contribution is 7.13. The Morgan fingerprint density at radius 1 is 1.06 bits per heavy atom. The van der Waals surface area contributed by atoms with E-state index < -0.39 is 0 Å². The molecule has 2 aromatic heterocycles. The van der Waals surface area contributed by atoms with Crippen LogP contribution in [0.15, 0.2) is 36.4 Å². The molecule has 1 aliphatic heterocycles. The van der Waals surface area contributed by atoms with Crippen molar-refractivity contribution in [3.63, 3.8) is 0 Å². The summed E-state index contributed by atoms with van der Waals surface area (Å²) in [6.07, 6.45) is 0. The molecule has 0 saturated carbocycles. The van der Waals surface area contributed by atoms with Gasteiger partial charge in [-0.15, -0.1) is 11.3 Å². The number of aryl methyl sites for hydroxylation is 1. The zero-order valence-electron chi connectivity index (χ0n) is 19.4. The van der Waals surface area contributed by atoms with E-state index in [4.69, 9.17) is 0 Å². The maximum absolute atomic E-state index is 13.4. The second kappa shape index (κ2) is 9.79. The fourth-order valence-corrected chi connectivity index (χ4v) is 5.00. The Morgan fingerprint density at radius 2 is 1.74 bits per heavy atom. The molecule has 0 spiro atoms. The molecule has 0 bridgehead atoms. The number of nitrogens with zero attached hydrogens (tertiary/aromatic N) is 4. The molecule has 1 N–H and O–H groups in total. The molecule has 1 aliphatic rings. The fourth-order valence-electron chi connectivity index (χ4n) is 4.16. The Balaban J connectivity index is 1.44. The van der Waals surface area contributed by atoms with Crippen LogP contribution in [0.2, 0.25) is 0 Å². The number of hydrogen-bond donors (Lipinski definition) is 1. The number of nitrogens with one attached hydrogen (secondary N) is 1. The van der Waals surface area contributed by atoms with Crippen molar-refractivity contribution in [2.75, 3.05) is 38.0 Å². The monoisotopic (exact) mass is 479 g/mol. The second-order valence-corrected chi connectivity index (χ2v) is 9.67. The van der Waals surface area contributed by atoms with Crippen LogP contribution >= 0.6 is 11.3 Å². The Labute approximate surface area is 202 Å². The summed E-state index contributed by atoms with van der Waals surface area (Å²) in [5.74, 6) is -0.186. The molecule has 0 aliphatic carbocycles. The zero-order valence-corrected chi connectivity index (χ0v) is 20.2. The Morgan fingerprint density at radius 3 is 2.32 bits per heavy atom. The van der Waals surface area contributed by atoms with Gasteiger partial charge in [0.25, 0.3) is 5.91 Å². The lowest BCUT2D eigenvalue weighted by molar-refractivity contribution is -0.117. The molecule has 7 nitrogen and oxygen atoms in total. The minimum Gasteiger partial charge on any atom is -0.335 e. The van der Waals surface area contributed by atoms with E-state index in [2.05, 4.69) is 11.4 Å². The Kier molecular flexibility index (Phi) is 6.82. The Bertz CT molecular complexity index is 1260. The maximum Gasteiger partial charge on any atom is 0.264 e. The molecule has 9 heteroatoms. The molecule has 34 heavy (non-hydrogen) atoms. The molecule has 2 amide bonds. The van der Waals surface area contributed by atoms with E-state index >= 15 is 0 Å². The molecule has 1 fully saturated rings. The lowest BCUT2D eigenvalue weighted by atomic mass is 10.2. The molecule has 0 unspecified atom stereocenters. The highest BCUT2D eigenvalue weighted by atomic mass is 32.1. The molecule has 0 radical (unpaired) electrons. The van der Waals surface area contributed by atoms with Crippen LogP contribution < -0.4 is 5.32 Å². The molecular weight excluding hydrogens is 453 g/mol. The topological polar surface area (TPSA) is 81.4 Å². The lowest BCUT2D eigenvalue weighted by Crippen LogP contribution is -2.50. The summed E-state index contributed by atoms with van der Waals surface area (Å²) in [6, 6.07) is 11.9. The van der Waals surface area contributed by atoms with Crippen molar-refractivity contribution < 1.29 is 14.0 Å². The van der Waals surface area contributed by atoms with E-state index in [1.165, 1.54) is 23.5 Å². The third-order valence-corrected chi connectivity index (χ3v) is 7.13. The number of amides is 2. The predicted molar refractivity (Wildman–Crippen MR) is 130 cm³/mol. The first kappa shape index (κ1) is 23.7. The van der Waals surface area contributed by atoms with Crippen LogP contribution in [0.3, 0.4) is 0 Å². The fraction of sp³-hybridized carbons (Fsp3) is 0.320. The normalized spacial score (nSPS) is 14.1. The number of rotatable bonds is 5. The first-order valence-corrected chi connectivity index (χ1v) is 11.9. The van der Waals surface area contributed by atoms with Crippen molar-refractivity contribution in [1.29, 1.82) is 5.26 Å². The molecule has 3 aromatic rings. The number of aromatic nitrogens is 1. The first-order valence-electron chi connectivity index (χ1n) is 11.0. The second-order valence-electron chi connectivity index (χ2n) is 8.38. The first-order chi connectivity index (χ1) is 16.3. The number of benzene rings is 1. The van der Waals surface area contributed by atoms with Crippen LogP contribution in [-0.2, 0) is 4.79 Å². The standard InChI is InChI=1S/C25H26FN5O2S/c1-16-4-9-22(34-16)25(33)30-12-10-29(11-13-30)15-23(32)28-24-21(14-27)17(2)18(3)31(24)20-7-5-19(26)6-8-20/h4-9H,10-13,15H2,1-3H3,(H,28,32). The number of thiophene rings is 1. The van der Waals surface area contributed by atoms with E-state index in [0.29, 0.717) is 43.2 Å².